The molecule has 1 aromatic heterocycles. The van der Waals surface area contributed by atoms with Crippen molar-refractivity contribution in [3.05, 3.63) is 70.8 Å². The van der Waals surface area contributed by atoms with Gasteiger partial charge in [0.25, 0.3) is 10.0 Å². The highest BCUT2D eigenvalue weighted by Crippen LogP contribution is 2.34. The standard InChI is InChI=1S/C17H14ClFN2O2S2/c1-11-17(24-15-7-3-13(18)4-8-15)12(2)21(20-11)25(22,23)16-9-5-14(19)6-10-16/h3-10H,1-2H3. The zero-order valence-electron chi connectivity index (χ0n) is 13.4. The lowest BCUT2D eigenvalue weighted by Gasteiger charge is -2.07. The van der Waals surface area contributed by atoms with Crippen LogP contribution in [0.4, 0.5) is 4.39 Å². The molecule has 3 aromatic rings. The van der Waals surface area contributed by atoms with E-state index in [4.69, 9.17) is 11.6 Å². The van der Waals surface area contributed by atoms with E-state index < -0.39 is 15.8 Å². The summed E-state index contributed by atoms with van der Waals surface area (Å²) in [5.74, 6) is -0.494. The van der Waals surface area contributed by atoms with Crippen LogP contribution in [0.5, 0.6) is 0 Å². The maximum atomic E-state index is 13.1. The van der Waals surface area contributed by atoms with Gasteiger partial charge in [-0.2, -0.15) is 17.6 Å². The van der Waals surface area contributed by atoms with Crippen molar-refractivity contribution in [3.8, 4) is 0 Å². The highest BCUT2D eigenvalue weighted by molar-refractivity contribution is 7.99. The highest BCUT2D eigenvalue weighted by Gasteiger charge is 2.24. The predicted molar refractivity (Wildman–Crippen MR) is 96.3 cm³/mol. The summed E-state index contributed by atoms with van der Waals surface area (Å²) in [5.41, 5.74) is 1.10. The minimum absolute atomic E-state index is 0.0115. The Morgan fingerprint density at radius 1 is 1.04 bits per heavy atom. The van der Waals surface area contributed by atoms with Crippen molar-refractivity contribution in [2.75, 3.05) is 0 Å². The van der Waals surface area contributed by atoms with Crippen LogP contribution in [-0.2, 0) is 10.0 Å². The van der Waals surface area contributed by atoms with Crippen LogP contribution in [0.1, 0.15) is 11.4 Å². The fourth-order valence-corrected chi connectivity index (χ4v) is 4.79. The van der Waals surface area contributed by atoms with Gasteiger partial charge in [0.05, 0.1) is 21.2 Å². The molecule has 0 atom stereocenters. The van der Waals surface area contributed by atoms with Crippen molar-refractivity contribution < 1.29 is 12.8 Å². The molecule has 4 nitrogen and oxygen atoms in total. The summed E-state index contributed by atoms with van der Waals surface area (Å²) < 4.78 is 39.6. The van der Waals surface area contributed by atoms with Crippen molar-refractivity contribution in [1.29, 1.82) is 0 Å². The van der Waals surface area contributed by atoms with Gasteiger partial charge in [-0.1, -0.05) is 23.4 Å². The predicted octanol–water partition coefficient (Wildman–Crippen LogP) is 4.68. The maximum Gasteiger partial charge on any atom is 0.283 e. The summed E-state index contributed by atoms with van der Waals surface area (Å²) in [4.78, 5) is 1.67. The van der Waals surface area contributed by atoms with Crippen molar-refractivity contribution in [1.82, 2.24) is 9.19 Å². The zero-order valence-corrected chi connectivity index (χ0v) is 15.8. The Morgan fingerprint density at radius 3 is 2.24 bits per heavy atom. The van der Waals surface area contributed by atoms with Gasteiger partial charge >= 0.3 is 0 Å². The van der Waals surface area contributed by atoms with E-state index >= 15 is 0 Å². The molecular weight excluding hydrogens is 383 g/mol. The number of hydrogen-bond acceptors (Lipinski definition) is 4. The largest absolute Gasteiger partial charge is 0.283 e. The van der Waals surface area contributed by atoms with Crippen LogP contribution < -0.4 is 0 Å². The smallest absolute Gasteiger partial charge is 0.207 e. The van der Waals surface area contributed by atoms with E-state index in [2.05, 4.69) is 5.10 Å². The molecule has 0 aliphatic carbocycles. The number of aryl methyl sites for hydroxylation is 1. The van der Waals surface area contributed by atoms with Crippen LogP contribution in [0.3, 0.4) is 0 Å². The molecule has 0 saturated heterocycles. The Hall–Kier alpha value is -1.83. The Bertz CT molecular complexity index is 1010. The van der Waals surface area contributed by atoms with Gasteiger partial charge in [-0.15, -0.1) is 0 Å². The normalized spacial score (nSPS) is 11.7. The van der Waals surface area contributed by atoms with E-state index in [1.54, 1.807) is 26.0 Å². The second-order valence-corrected chi connectivity index (χ2v) is 8.65. The summed E-state index contributed by atoms with van der Waals surface area (Å²) in [5, 5.41) is 4.81. The summed E-state index contributed by atoms with van der Waals surface area (Å²) in [6.07, 6.45) is 0. The third-order valence-electron chi connectivity index (χ3n) is 3.56. The molecule has 0 unspecified atom stereocenters. The Morgan fingerprint density at radius 2 is 1.64 bits per heavy atom. The Balaban J connectivity index is 2.01. The quantitative estimate of drug-likeness (QED) is 0.642. The Labute approximate surface area is 154 Å². The maximum absolute atomic E-state index is 13.1. The average Bonchev–Trinajstić information content (AvgIpc) is 2.86. The van der Waals surface area contributed by atoms with Crippen LogP contribution in [0.2, 0.25) is 5.02 Å². The van der Waals surface area contributed by atoms with Crippen LogP contribution >= 0.6 is 23.4 Å². The van der Waals surface area contributed by atoms with E-state index in [-0.39, 0.29) is 4.90 Å². The van der Waals surface area contributed by atoms with Crippen LogP contribution in [0.25, 0.3) is 0 Å². The molecule has 0 bridgehead atoms. The molecule has 0 aliphatic rings. The molecule has 0 aliphatic heterocycles. The van der Waals surface area contributed by atoms with Crippen molar-refractivity contribution in [2.24, 2.45) is 0 Å². The summed E-state index contributed by atoms with van der Waals surface area (Å²) >= 11 is 7.31. The van der Waals surface area contributed by atoms with E-state index in [0.717, 1.165) is 26.0 Å². The van der Waals surface area contributed by atoms with Gasteiger partial charge < -0.3 is 0 Å². The van der Waals surface area contributed by atoms with Gasteiger partial charge in [0.15, 0.2) is 0 Å². The molecule has 0 fully saturated rings. The number of rotatable bonds is 4. The minimum Gasteiger partial charge on any atom is -0.207 e. The average molecular weight is 397 g/mol. The van der Waals surface area contributed by atoms with Crippen LogP contribution in [-0.4, -0.2) is 17.6 Å². The van der Waals surface area contributed by atoms with Crippen molar-refractivity contribution >= 4 is 33.4 Å². The number of aromatic nitrogens is 2. The molecular formula is C17H14ClFN2O2S2. The SMILES string of the molecule is Cc1nn(S(=O)(=O)c2ccc(F)cc2)c(C)c1Sc1ccc(Cl)cc1. The van der Waals surface area contributed by atoms with Crippen molar-refractivity contribution in [3.63, 3.8) is 0 Å². The molecule has 2 aromatic carbocycles. The van der Waals surface area contributed by atoms with Gasteiger partial charge in [-0.05, 0) is 62.4 Å². The van der Waals surface area contributed by atoms with Gasteiger partial charge in [-0.3, -0.25) is 0 Å². The molecule has 0 amide bonds. The number of halogens is 2. The molecule has 0 N–H and O–H groups in total. The van der Waals surface area contributed by atoms with Crippen molar-refractivity contribution in [2.45, 2.75) is 28.5 Å². The van der Waals surface area contributed by atoms with Crippen LogP contribution in [0, 0.1) is 19.7 Å². The lowest BCUT2D eigenvalue weighted by molar-refractivity contribution is 0.576. The minimum atomic E-state index is -3.88. The van der Waals surface area contributed by atoms with Gasteiger partial charge in [0.2, 0.25) is 0 Å². The zero-order chi connectivity index (χ0) is 18.2. The first-order valence-corrected chi connectivity index (χ1v) is 9.93. The molecule has 0 radical (unpaired) electrons. The first kappa shape index (κ1) is 18.0. The molecule has 8 heteroatoms. The number of hydrogen-bond donors (Lipinski definition) is 0. The first-order chi connectivity index (χ1) is 11.8. The monoisotopic (exact) mass is 396 g/mol. The molecule has 0 saturated carbocycles. The summed E-state index contributed by atoms with van der Waals surface area (Å²) in [7, 11) is -3.88. The van der Waals surface area contributed by atoms with E-state index in [1.807, 2.05) is 12.1 Å². The lowest BCUT2D eigenvalue weighted by atomic mass is 10.4. The third-order valence-corrected chi connectivity index (χ3v) is 6.79. The summed E-state index contributed by atoms with van der Waals surface area (Å²) in [6, 6.07) is 11.9. The highest BCUT2D eigenvalue weighted by atomic mass is 35.5. The van der Waals surface area contributed by atoms with Gasteiger partial charge in [0, 0.05) is 9.92 Å². The fourth-order valence-electron chi connectivity index (χ4n) is 2.31. The number of nitrogens with zero attached hydrogens (tertiary/aromatic N) is 2. The van der Waals surface area contributed by atoms with Gasteiger partial charge in [-0.25, -0.2) is 4.39 Å². The molecule has 1 heterocycles. The first-order valence-electron chi connectivity index (χ1n) is 7.30. The van der Waals surface area contributed by atoms with E-state index in [0.29, 0.717) is 16.4 Å². The van der Waals surface area contributed by atoms with Crippen LogP contribution in [0.15, 0.2) is 63.2 Å². The molecule has 0 spiro atoms. The second-order valence-electron chi connectivity index (χ2n) is 5.36. The Kier molecular flexibility index (Phi) is 4.90. The third kappa shape index (κ3) is 3.58. The molecule has 3 rings (SSSR count). The summed E-state index contributed by atoms with van der Waals surface area (Å²) in [6.45, 7) is 3.45. The molecule has 130 valence electrons. The molecule has 25 heavy (non-hydrogen) atoms. The lowest BCUT2D eigenvalue weighted by Crippen LogP contribution is -2.16. The topological polar surface area (TPSA) is 52.0 Å². The van der Waals surface area contributed by atoms with E-state index in [1.165, 1.54) is 23.9 Å². The van der Waals surface area contributed by atoms with E-state index in [9.17, 15) is 12.8 Å². The number of benzene rings is 2. The fraction of sp³-hybridized carbons (Fsp3) is 0.118. The second kappa shape index (κ2) is 6.82. The van der Waals surface area contributed by atoms with Gasteiger partial charge in [0.1, 0.15) is 5.82 Å².